The first-order chi connectivity index (χ1) is 17.8. The molecule has 0 aliphatic heterocycles. The Morgan fingerprint density at radius 2 is 1.26 bits per heavy atom. The highest BCUT2D eigenvalue weighted by Gasteiger charge is 2.31. The lowest BCUT2D eigenvalue weighted by atomic mass is 10.1. The van der Waals surface area contributed by atoms with Crippen LogP contribution in [-0.4, -0.2) is 91.0 Å². The van der Waals surface area contributed by atoms with E-state index in [1.807, 2.05) is 0 Å². The van der Waals surface area contributed by atoms with E-state index in [-0.39, 0.29) is 19.3 Å². The standard InChI is InChI=1S/C21H31N7O10/c22-11(7-10-8-24-9-25-10)18(34)26-12(2-5-16(30)31)19(35)27-13(3-6-17(32)33)20(36)28-14(21(37)38)1-4-15(23)29/h8-9,11-14H,1-7,22H2,(H2,23,29)(H,24,25)(H,26,34)(H,27,35)(H,28,36)(H,30,31)(H,32,33)(H,37,38). The highest BCUT2D eigenvalue weighted by molar-refractivity contribution is 5.94. The van der Waals surface area contributed by atoms with Crippen molar-refractivity contribution in [3.8, 4) is 0 Å². The number of primary amides is 1. The van der Waals surface area contributed by atoms with E-state index < -0.39 is 91.4 Å². The van der Waals surface area contributed by atoms with Crippen molar-refractivity contribution in [2.45, 2.75) is 69.1 Å². The van der Waals surface area contributed by atoms with Crippen LogP contribution in [0.15, 0.2) is 12.5 Å². The number of carboxylic acids is 3. The largest absolute Gasteiger partial charge is 0.481 e. The number of rotatable bonds is 18. The molecule has 0 saturated heterocycles. The lowest BCUT2D eigenvalue weighted by molar-refractivity contribution is -0.143. The van der Waals surface area contributed by atoms with Gasteiger partial charge in [-0.25, -0.2) is 9.78 Å². The smallest absolute Gasteiger partial charge is 0.326 e. The quantitative estimate of drug-likeness (QED) is 0.0888. The SMILES string of the molecule is NC(=O)CCC(NC(=O)C(CCC(=O)O)NC(=O)C(CCC(=O)O)NC(=O)C(N)Cc1cnc[nH]1)C(=O)O. The van der Waals surface area contributed by atoms with Gasteiger partial charge in [-0.3, -0.25) is 28.8 Å². The second kappa shape index (κ2) is 15.5. The number of aliphatic carboxylic acids is 3. The van der Waals surface area contributed by atoms with Gasteiger partial charge in [0.25, 0.3) is 0 Å². The maximum Gasteiger partial charge on any atom is 0.326 e. The Morgan fingerprint density at radius 1 is 0.789 bits per heavy atom. The lowest BCUT2D eigenvalue weighted by Crippen LogP contribution is -2.57. The molecule has 4 atom stereocenters. The van der Waals surface area contributed by atoms with Gasteiger partial charge in [0, 0.05) is 37.6 Å². The van der Waals surface area contributed by atoms with Crippen LogP contribution < -0.4 is 27.4 Å². The molecule has 1 aromatic rings. The zero-order valence-electron chi connectivity index (χ0n) is 20.2. The van der Waals surface area contributed by atoms with Gasteiger partial charge in [0.15, 0.2) is 0 Å². The summed E-state index contributed by atoms with van der Waals surface area (Å²) in [6.07, 6.45) is 0.0847. The van der Waals surface area contributed by atoms with Crippen LogP contribution >= 0.6 is 0 Å². The Morgan fingerprint density at radius 3 is 1.68 bits per heavy atom. The zero-order chi connectivity index (χ0) is 28.8. The van der Waals surface area contributed by atoms with Crippen molar-refractivity contribution in [3.05, 3.63) is 18.2 Å². The van der Waals surface area contributed by atoms with Crippen molar-refractivity contribution >= 4 is 41.5 Å². The third-order valence-corrected chi connectivity index (χ3v) is 5.19. The second-order valence-electron chi connectivity index (χ2n) is 8.28. The third kappa shape index (κ3) is 11.9. The molecule has 1 rings (SSSR count). The molecule has 0 fully saturated rings. The Labute approximate surface area is 215 Å². The van der Waals surface area contributed by atoms with Gasteiger partial charge in [-0.15, -0.1) is 0 Å². The van der Waals surface area contributed by atoms with Crippen LogP contribution in [0.4, 0.5) is 0 Å². The molecule has 38 heavy (non-hydrogen) atoms. The average molecular weight is 542 g/mol. The number of carbonyl (C=O) groups excluding carboxylic acids is 4. The summed E-state index contributed by atoms with van der Waals surface area (Å²) < 4.78 is 0. The first-order valence-electron chi connectivity index (χ1n) is 11.4. The fraction of sp³-hybridized carbons (Fsp3) is 0.524. The normalized spacial score (nSPS) is 13.8. The van der Waals surface area contributed by atoms with E-state index >= 15 is 0 Å². The molecule has 17 heteroatoms. The van der Waals surface area contributed by atoms with E-state index in [0.29, 0.717) is 5.69 Å². The third-order valence-electron chi connectivity index (χ3n) is 5.19. The number of aromatic nitrogens is 2. The number of H-pyrrole nitrogens is 1. The minimum Gasteiger partial charge on any atom is -0.481 e. The molecule has 0 bridgehead atoms. The molecule has 11 N–H and O–H groups in total. The number of carbonyl (C=O) groups is 7. The highest BCUT2D eigenvalue weighted by atomic mass is 16.4. The zero-order valence-corrected chi connectivity index (χ0v) is 20.2. The Hall–Kier alpha value is -4.54. The molecular formula is C21H31N7O10. The van der Waals surface area contributed by atoms with Gasteiger partial charge in [0.2, 0.25) is 23.6 Å². The maximum absolute atomic E-state index is 12.9. The number of nitrogens with one attached hydrogen (secondary N) is 4. The molecule has 0 aromatic carbocycles. The van der Waals surface area contributed by atoms with Crippen molar-refractivity contribution in [3.63, 3.8) is 0 Å². The van der Waals surface area contributed by atoms with Crippen molar-refractivity contribution in [1.29, 1.82) is 0 Å². The van der Waals surface area contributed by atoms with Gasteiger partial charge in [0.1, 0.15) is 18.1 Å². The number of nitrogens with zero attached hydrogens (tertiary/aromatic N) is 1. The summed E-state index contributed by atoms with van der Waals surface area (Å²) in [7, 11) is 0. The number of nitrogens with two attached hydrogens (primary N) is 2. The summed E-state index contributed by atoms with van der Waals surface area (Å²) in [5, 5.41) is 34.0. The summed E-state index contributed by atoms with van der Waals surface area (Å²) in [6.45, 7) is 0. The number of aromatic amines is 1. The Kier molecular flexibility index (Phi) is 12.9. The van der Waals surface area contributed by atoms with Gasteiger partial charge < -0.3 is 47.7 Å². The highest BCUT2D eigenvalue weighted by Crippen LogP contribution is 2.06. The molecule has 0 aliphatic carbocycles. The monoisotopic (exact) mass is 541 g/mol. The Balaban J connectivity index is 3.01. The number of hydrogen-bond acceptors (Lipinski definition) is 9. The van der Waals surface area contributed by atoms with Crippen LogP contribution in [0, 0.1) is 0 Å². The Bertz CT molecular complexity index is 1010. The van der Waals surface area contributed by atoms with E-state index in [0.717, 1.165) is 0 Å². The first kappa shape index (κ1) is 31.5. The summed E-state index contributed by atoms with van der Waals surface area (Å²) in [5.41, 5.74) is 11.4. The van der Waals surface area contributed by atoms with Gasteiger partial charge in [-0.1, -0.05) is 0 Å². The molecule has 1 heterocycles. The van der Waals surface area contributed by atoms with Crippen molar-refractivity contribution in [2.75, 3.05) is 0 Å². The number of amides is 4. The molecule has 4 unspecified atom stereocenters. The molecule has 0 spiro atoms. The van der Waals surface area contributed by atoms with Gasteiger partial charge in [0.05, 0.1) is 12.4 Å². The van der Waals surface area contributed by atoms with Crippen LogP contribution in [0.2, 0.25) is 0 Å². The molecule has 0 radical (unpaired) electrons. The molecule has 17 nitrogen and oxygen atoms in total. The summed E-state index contributed by atoms with van der Waals surface area (Å²) in [6, 6.07) is -5.76. The molecular weight excluding hydrogens is 510 g/mol. The number of hydrogen-bond donors (Lipinski definition) is 9. The van der Waals surface area contributed by atoms with E-state index in [9.17, 15) is 38.7 Å². The van der Waals surface area contributed by atoms with Crippen molar-refractivity contribution < 1.29 is 48.9 Å². The lowest BCUT2D eigenvalue weighted by Gasteiger charge is -2.25. The summed E-state index contributed by atoms with van der Waals surface area (Å²) in [5.74, 6) is -7.82. The van der Waals surface area contributed by atoms with Crippen molar-refractivity contribution in [2.24, 2.45) is 11.5 Å². The topological polar surface area (TPSA) is 297 Å². The molecule has 0 aliphatic rings. The van der Waals surface area contributed by atoms with Crippen LogP contribution in [0.3, 0.4) is 0 Å². The van der Waals surface area contributed by atoms with Crippen LogP contribution in [-0.2, 0) is 40.0 Å². The van der Waals surface area contributed by atoms with Crippen LogP contribution in [0.25, 0.3) is 0 Å². The summed E-state index contributed by atoms with van der Waals surface area (Å²) in [4.78, 5) is 89.3. The van der Waals surface area contributed by atoms with E-state index in [2.05, 4.69) is 25.9 Å². The van der Waals surface area contributed by atoms with Gasteiger partial charge in [-0.05, 0) is 19.3 Å². The van der Waals surface area contributed by atoms with Crippen molar-refractivity contribution in [1.82, 2.24) is 25.9 Å². The van der Waals surface area contributed by atoms with Crippen LogP contribution in [0.1, 0.15) is 44.2 Å². The van der Waals surface area contributed by atoms with E-state index in [1.165, 1.54) is 12.5 Å². The van der Waals surface area contributed by atoms with E-state index in [4.69, 9.17) is 21.7 Å². The molecule has 1 aromatic heterocycles. The molecule has 210 valence electrons. The van der Waals surface area contributed by atoms with E-state index in [1.54, 1.807) is 0 Å². The molecule has 4 amide bonds. The second-order valence-corrected chi connectivity index (χ2v) is 8.28. The average Bonchev–Trinajstić information content (AvgIpc) is 3.33. The minimum atomic E-state index is -1.57. The fourth-order valence-corrected chi connectivity index (χ4v) is 3.17. The first-order valence-corrected chi connectivity index (χ1v) is 11.4. The maximum atomic E-state index is 12.9. The predicted molar refractivity (Wildman–Crippen MR) is 126 cm³/mol. The predicted octanol–water partition coefficient (Wildman–Crippen LogP) is -3.19. The van der Waals surface area contributed by atoms with Crippen LogP contribution in [0.5, 0.6) is 0 Å². The van der Waals surface area contributed by atoms with Gasteiger partial charge >= 0.3 is 17.9 Å². The minimum absolute atomic E-state index is 0.0185. The number of carboxylic acid groups (broad SMARTS) is 3. The molecule has 0 saturated carbocycles. The fourth-order valence-electron chi connectivity index (χ4n) is 3.17. The number of imidazole rings is 1. The summed E-state index contributed by atoms with van der Waals surface area (Å²) >= 11 is 0. The van der Waals surface area contributed by atoms with Gasteiger partial charge in [-0.2, -0.15) is 0 Å².